The maximum atomic E-state index is 12.2. The number of anilines is 1. The first-order valence-electron chi connectivity index (χ1n) is 8.78. The van der Waals surface area contributed by atoms with E-state index in [1.807, 2.05) is 22.8 Å². The number of aryl methyl sites for hydroxylation is 1. The van der Waals surface area contributed by atoms with Gasteiger partial charge in [-0.1, -0.05) is 54.6 Å². The Bertz CT molecular complexity index is 966. The van der Waals surface area contributed by atoms with Gasteiger partial charge in [0.1, 0.15) is 0 Å². The zero-order valence-electron chi connectivity index (χ0n) is 14.7. The van der Waals surface area contributed by atoms with Gasteiger partial charge in [-0.2, -0.15) is 4.98 Å². The predicted molar refractivity (Wildman–Crippen MR) is 102 cm³/mol. The van der Waals surface area contributed by atoms with E-state index in [-0.39, 0.29) is 17.4 Å². The fourth-order valence-corrected chi connectivity index (χ4v) is 3.49. The van der Waals surface area contributed by atoms with Crippen LogP contribution in [0.25, 0.3) is 0 Å². The van der Waals surface area contributed by atoms with Crippen molar-refractivity contribution < 1.29 is 4.74 Å². The van der Waals surface area contributed by atoms with E-state index >= 15 is 0 Å². The number of ether oxygens (including phenoxy) is 1. The third-order valence-electron chi connectivity index (χ3n) is 4.82. The first-order valence-corrected chi connectivity index (χ1v) is 8.78. The fraction of sp³-hybridized carbons (Fsp3) is 0.238. The summed E-state index contributed by atoms with van der Waals surface area (Å²) in [6.07, 6.45) is 3.75. The van der Waals surface area contributed by atoms with Crippen LogP contribution in [-0.2, 0) is 13.0 Å². The lowest BCUT2D eigenvalue weighted by molar-refractivity contribution is 0.402. The van der Waals surface area contributed by atoms with Crippen LogP contribution in [0, 0.1) is 0 Å². The maximum Gasteiger partial charge on any atom is 0.316 e. The van der Waals surface area contributed by atoms with Crippen molar-refractivity contribution in [1.29, 1.82) is 0 Å². The molecule has 5 heteroatoms. The van der Waals surface area contributed by atoms with Gasteiger partial charge in [-0.15, -0.1) is 0 Å². The smallest absolute Gasteiger partial charge is 0.316 e. The molecule has 1 unspecified atom stereocenters. The van der Waals surface area contributed by atoms with E-state index in [1.54, 1.807) is 6.20 Å². The number of hydrogen-bond acceptors (Lipinski definition) is 4. The number of rotatable bonds is 5. The summed E-state index contributed by atoms with van der Waals surface area (Å²) >= 11 is 0. The molecule has 1 atom stereocenters. The second-order valence-electron chi connectivity index (χ2n) is 6.49. The molecule has 0 saturated carbocycles. The molecule has 0 bridgehead atoms. The third kappa shape index (κ3) is 3.20. The van der Waals surface area contributed by atoms with Crippen molar-refractivity contribution in [3.63, 3.8) is 0 Å². The summed E-state index contributed by atoms with van der Waals surface area (Å²) in [6.45, 7) is 0.612. The van der Waals surface area contributed by atoms with Gasteiger partial charge >= 0.3 is 5.56 Å². The number of nitrogens with zero attached hydrogens (tertiary/aromatic N) is 2. The highest BCUT2D eigenvalue weighted by Gasteiger charge is 2.23. The molecule has 0 aliphatic heterocycles. The van der Waals surface area contributed by atoms with Crippen LogP contribution < -0.4 is 15.6 Å². The van der Waals surface area contributed by atoms with Crippen LogP contribution in [-0.4, -0.2) is 16.7 Å². The van der Waals surface area contributed by atoms with E-state index in [0.717, 1.165) is 18.4 Å². The molecule has 1 heterocycles. The van der Waals surface area contributed by atoms with Crippen molar-refractivity contribution in [3.8, 4) is 5.75 Å². The van der Waals surface area contributed by atoms with Crippen LogP contribution >= 0.6 is 0 Å². The summed E-state index contributed by atoms with van der Waals surface area (Å²) < 4.78 is 7.12. The first-order chi connectivity index (χ1) is 12.7. The Labute approximate surface area is 152 Å². The highest BCUT2D eigenvalue weighted by molar-refractivity contribution is 5.42. The fourth-order valence-electron chi connectivity index (χ4n) is 3.49. The van der Waals surface area contributed by atoms with E-state index in [2.05, 4.69) is 46.7 Å². The highest BCUT2D eigenvalue weighted by atomic mass is 16.5. The zero-order chi connectivity index (χ0) is 17.9. The van der Waals surface area contributed by atoms with Gasteiger partial charge in [0.25, 0.3) is 0 Å². The van der Waals surface area contributed by atoms with Gasteiger partial charge in [0.05, 0.1) is 25.9 Å². The molecule has 132 valence electrons. The lowest BCUT2D eigenvalue weighted by Gasteiger charge is -2.19. The molecule has 1 aromatic heterocycles. The molecule has 5 nitrogen and oxygen atoms in total. The van der Waals surface area contributed by atoms with Gasteiger partial charge in [0.2, 0.25) is 11.7 Å². The Morgan fingerprint density at radius 2 is 1.92 bits per heavy atom. The summed E-state index contributed by atoms with van der Waals surface area (Å²) in [7, 11) is 1.49. The number of methoxy groups -OCH3 is 1. The van der Waals surface area contributed by atoms with E-state index in [1.165, 1.54) is 18.2 Å². The van der Waals surface area contributed by atoms with Crippen molar-refractivity contribution in [2.45, 2.75) is 25.4 Å². The maximum absolute atomic E-state index is 12.2. The van der Waals surface area contributed by atoms with Crippen molar-refractivity contribution in [2.24, 2.45) is 0 Å². The second-order valence-corrected chi connectivity index (χ2v) is 6.49. The lowest BCUT2D eigenvalue weighted by atomic mass is 10.1. The quantitative estimate of drug-likeness (QED) is 0.768. The molecule has 3 aromatic rings. The molecule has 1 N–H and O–H groups in total. The summed E-state index contributed by atoms with van der Waals surface area (Å²) in [5, 5.41) is 3.47. The zero-order valence-corrected chi connectivity index (χ0v) is 14.7. The Kier molecular flexibility index (Phi) is 4.44. The van der Waals surface area contributed by atoms with Crippen LogP contribution in [0.2, 0.25) is 0 Å². The van der Waals surface area contributed by atoms with E-state index < -0.39 is 0 Å². The van der Waals surface area contributed by atoms with Crippen LogP contribution in [0.1, 0.15) is 29.2 Å². The van der Waals surface area contributed by atoms with Crippen LogP contribution in [0.15, 0.2) is 65.6 Å². The average Bonchev–Trinajstić information content (AvgIpc) is 3.08. The second kappa shape index (κ2) is 7.04. The molecule has 0 saturated heterocycles. The minimum atomic E-state index is -0.356. The molecular formula is C21H21N3O2. The van der Waals surface area contributed by atoms with Gasteiger partial charge in [-0.25, -0.2) is 0 Å². The molecule has 0 radical (unpaired) electrons. The molecule has 0 spiro atoms. The molecule has 0 fully saturated rings. The summed E-state index contributed by atoms with van der Waals surface area (Å²) in [6, 6.07) is 18.7. The number of hydrogen-bond donors (Lipinski definition) is 1. The normalized spacial score (nSPS) is 15.5. The van der Waals surface area contributed by atoms with Crippen LogP contribution in [0.4, 0.5) is 5.95 Å². The Hall–Kier alpha value is -3.08. The Morgan fingerprint density at radius 1 is 1.15 bits per heavy atom. The summed E-state index contributed by atoms with van der Waals surface area (Å²) in [5.74, 6) is 0.819. The van der Waals surface area contributed by atoms with Crippen molar-refractivity contribution in [3.05, 3.63) is 87.8 Å². The van der Waals surface area contributed by atoms with E-state index in [0.29, 0.717) is 12.5 Å². The van der Waals surface area contributed by atoms with Gasteiger partial charge in [-0.3, -0.25) is 4.79 Å². The molecule has 4 rings (SSSR count). The Balaban J connectivity index is 1.69. The molecular weight excluding hydrogens is 326 g/mol. The lowest BCUT2D eigenvalue weighted by Crippen LogP contribution is -2.21. The largest absolute Gasteiger partial charge is 0.490 e. The SMILES string of the molecule is COc1cn(Cc2ccccc2)c(NC2CCc3ccccc32)nc1=O. The predicted octanol–water partition coefficient (Wildman–Crippen LogP) is 3.40. The Morgan fingerprint density at radius 3 is 2.73 bits per heavy atom. The van der Waals surface area contributed by atoms with E-state index in [9.17, 15) is 4.79 Å². The average molecular weight is 347 g/mol. The standard InChI is InChI=1S/C21H21N3O2/c1-26-19-14-24(13-15-7-3-2-4-8-15)21(23-20(19)25)22-18-12-11-16-9-5-6-10-17(16)18/h2-10,14,18H,11-13H2,1H3,(H,22,23,25). The minimum Gasteiger partial charge on any atom is -0.490 e. The molecule has 0 amide bonds. The molecule has 1 aliphatic rings. The molecule has 1 aliphatic carbocycles. The topological polar surface area (TPSA) is 56.1 Å². The number of nitrogens with one attached hydrogen (secondary N) is 1. The van der Waals surface area contributed by atoms with Crippen molar-refractivity contribution >= 4 is 5.95 Å². The summed E-state index contributed by atoms with van der Waals surface area (Å²) in [5.41, 5.74) is 3.42. The number of aromatic nitrogens is 2. The van der Waals surface area contributed by atoms with Crippen LogP contribution in [0.3, 0.4) is 0 Å². The van der Waals surface area contributed by atoms with Crippen LogP contribution in [0.5, 0.6) is 5.75 Å². The van der Waals surface area contributed by atoms with E-state index in [4.69, 9.17) is 4.74 Å². The van der Waals surface area contributed by atoms with Crippen molar-refractivity contribution in [2.75, 3.05) is 12.4 Å². The van der Waals surface area contributed by atoms with Gasteiger partial charge in [0, 0.05) is 0 Å². The minimum absolute atomic E-state index is 0.161. The monoisotopic (exact) mass is 347 g/mol. The summed E-state index contributed by atoms with van der Waals surface area (Å²) in [4.78, 5) is 16.5. The molecule has 26 heavy (non-hydrogen) atoms. The number of benzene rings is 2. The molecule has 2 aromatic carbocycles. The third-order valence-corrected chi connectivity index (χ3v) is 4.82. The van der Waals surface area contributed by atoms with Gasteiger partial charge in [-0.05, 0) is 29.5 Å². The highest BCUT2D eigenvalue weighted by Crippen LogP contribution is 2.33. The van der Waals surface area contributed by atoms with Crippen molar-refractivity contribution in [1.82, 2.24) is 9.55 Å². The first kappa shape index (κ1) is 16.4. The van der Waals surface area contributed by atoms with Gasteiger partial charge < -0.3 is 14.6 Å². The van der Waals surface area contributed by atoms with Gasteiger partial charge in [0.15, 0.2) is 0 Å². The number of fused-ring (bicyclic) bond motifs is 1.